The SMILES string of the molecule is C=C(CCc1ccc(B2OC(C)(C)C(C)(C)O2)cc1)c1ccc(B2OC(C)(C)C(C)(C)O2)cc1. The summed E-state index contributed by atoms with van der Waals surface area (Å²) in [6, 6.07) is 16.9. The predicted molar refractivity (Wildman–Crippen MR) is 142 cm³/mol. The Morgan fingerprint density at radius 2 is 0.971 bits per heavy atom. The number of aryl methyl sites for hydroxylation is 1. The Morgan fingerprint density at radius 1 is 0.618 bits per heavy atom. The summed E-state index contributed by atoms with van der Waals surface area (Å²) in [6.07, 6.45) is 1.83. The number of hydrogen-bond acceptors (Lipinski definition) is 4. The highest BCUT2D eigenvalue weighted by atomic mass is 16.7. The van der Waals surface area contributed by atoms with Crippen LogP contribution in [0.15, 0.2) is 55.1 Å². The summed E-state index contributed by atoms with van der Waals surface area (Å²) in [7, 11) is -0.661. The zero-order valence-electron chi connectivity index (χ0n) is 22.0. The van der Waals surface area contributed by atoms with E-state index in [1.807, 2.05) is 0 Å². The van der Waals surface area contributed by atoms with Gasteiger partial charge in [0.15, 0.2) is 0 Å². The lowest BCUT2D eigenvalue weighted by Gasteiger charge is -2.32. The van der Waals surface area contributed by atoms with E-state index in [1.54, 1.807) is 0 Å². The molecule has 2 aromatic carbocycles. The highest BCUT2D eigenvalue weighted by Gasteiger charge is 2.52. The molecule has 4 rings (SSSR count). The normalized spacial score (nSPS) is 22.2. The first-order chi connectivity index (χ1) is 15.7. The first kappa shape index (κ1) is 25.2. The van der Waals surface area contributed by atoms with Crippen LogP contribution in [0.25, 0.3) is 5.57 Å². The van der Waals surface area contributed by atoms with E-state index in [0.29, 0.717) is 0 Å². The van der Waals surface area contributed by atoms with Crippen LogP contribution in [0.2, 0.25) is 0 Å². The summed E-state index contributed by atoms with van der Waals surface area (Å²) in [6.45, 7) is 20.9. The van der Waals surface area contributed by atoms with Crippen molar-refractivity contribution >= 4 is 30.7 Å². The second kappa shape index (κ2) is 8.67. The average molecular weight is 460 g/mol. The monoisotopic (exact) mass is 460 g/mol. The minimum atomic E-state index is -0.338. The average Bonchev–Trinajstić information content (AvgIpc) is 3.12. The fraction of sp³-hybridized carbons (Fsp3) is 0.500. The van der Waals surface area contributed by atoms with Crippen LogP contribution in [0.5, 0.6) is 0 Å². The topological polar surface area (TPSA) is 36.9 Å². The summed E-state index contributed by atoms with van der Waals surface area (Å²) in [5.41, 5.74) is 4.31. The van der Waals surface area contributed by atoms with Gasteiger partial charge in [0, 0.05) is 0 Å². The van der Waals surface area contributed by atoms with Gasteiger partial charge < -0.3 is 18.6 Å². The largest absolute Gasteiger partial charge is 0.494 e. The molecule has 0 spiro atoms. The van der Waals surface area contributed by atoms with Crippen LogP contribution in [0.3, 0.4) is 0 Å². The maximum atomic E-state index is 6.16. The molecule has 4 nitrogen and oxygen atoms in total. The molecule has 180 valence electrons. The molecule has 2 aromatic rings. The van der Waals surface area contributed by atoms with Crippen molar-refractivity contribution in [1.29, 1.82) is 0 Å². The first-order valence-electron chi connectivity index (χ1n) is 12.3. The molecule has 0 aromatic heterocycles. The third kappa shape index (κ3) is 4.79. The lowest BCUT2D eigenvalue weighted by molar-refractivity contribution is 0.00578. The van der Waals surface area contributed by atoms with E-state index in [1.165, 1.54) is 5.56 Å². The second-order valence-corrected chi connectivity index (χ2v) is 11.6. The van der Waals surface area contributed by atoms with Gasteiger partial charge in [0.25, 0.3) is 0 Å². The quantitative estimate of drug-likeness (QED) is 0.573. The van der Waals surface area contributed by atoms with Gasteiger partial charge in [-0.2, -0.15) is 0 Å². The van der Waals surface area contributed by atoms with E-state index < -0.39 is 0 Å². The number of allylic oxidation sites excluding steroid dienone is 1. The van der Waals surface area contributed by atoms with Crippen LogP contribution in [-0.4, -0.2) is 36.6 Å². The molecule has 0 N–H and O–H groups in total. The van der Waals surface area contributed by atoms with Gasteiger partial charge in [-0.3, -0.25) is 0 Å². The van der Waals surface area contributed by atoms with E-state index in [9.17, 15) is 0 Å². The van der Waals surface area contributed by atoms with Crippen LogP contribution in [0.1, 0.15) is 72.9 Å². The Balaban J connectivity index is 1.33. The van der Waals surface area contributed by atoms with Gasteiger partial charge in [-0.15, -0.1) is 0 Å². The molecular formula is C28H38B2O4. The third-order valence-electron chi connectivity index (χ3n) is 8.06. The molecule has 2 aliphatic rings. The molecule has 2 aliphatic heterocycles. The van der Waals surface area contributed by atoms with Crippen molar-refractivity contribution < 1.29 is 18.6 Å². The van der Waals surface area contributed by atoms with Gasteiger partial charge in [0.1, 0.15) is 0 Å². The maximum absolute atomic E-state index is 6.16. The molecule has 0 amide bonds. The summed E-state index contributed by atoms with van der Waals surface area (Å²) < 4.78 is 24.6. The van der Waals surface area contributed by atoms with Gasteiger partial charge in [-0.1, -0.05) is 55.1 Å². The number of hydrogen-bond donors (Lipinski definition) is 0. The molecule has 2 saturated heterocycles. The van der Waals surface area contributed by atoms with Crippen molar-refractivity contribution in [2.45, 2.75) is 90.6 Å². The molecule has 0 atom stereocenters. The van der Waals surface area contributed by atoms with E-state index in [-0.39, 0.29) is 36.6 Å². The maximum Gasteiger partial charge on any atom is 0.494 e. The van der Waals surface area contributed by atoms with Crippen molar-refractivity contribution in [3.63, 3.8) is 0 Å². The lowest BCUT2D eigenvalue weighted by Crippen LogP contribution is -2.41. The van der Waals surface area contributed by atoms with Crippen molar-refractivity contribution in [1.82, 2.24) is 0 Å². The summed E-state index contributed by atoms with van der Waals surface area (Å²) in [5.74, 6) is 0. The first-order valence-corrected chi connectivity index (χ1v) is 12.3. The van der Waals surface area contributed by atoms with Gasteiger partial charge in [-0.25, -0.2) is 0 Å². The third-order valence-corrected chi connectivity index (χ3v) is 8.06. The smallest absolute Gasteiger partial charge is 0.399 e. The molecular weight excluding hydrogens is 422 g/mol. The molecule has 0 saturated carbocycles. The van der Waals surface area contributed by atoms with E-state index in [4.69, 9.17) is 18.6 Å². The predicted octanol–water partition coefficient (Wildman–Crippen LogP) is 4.93. The summed E-state index contributed by atoms with van der Waals surface area (Å²) in [4.78, 5) is 0. The molecule has 34 heavy (non-hydrogen) atoms. The molecule has 0 aliphatic carbocycles. The molecule has 0 radical (unpaired) electrons. The highest BCUT2D eigenvalue weighted by molar-refractivity contribution is 6.62. The van der Waals surface area contributed by atoms with Crippen molar-refractivity contribution in [3.8, 4) is 0 Å². The van der Waals surface area contributed by atoms with Gasteiger partial charge in [0.2, 0.25) is 0 Å². The van der Waals surface area contributed by atoms with Crippen LogP contribution in [-0.2, 0) is 25.0 Å². The Labute approximate surface area is 206 Å². The summed E-state index contributed by atoms with van der Waals surface area (Å²) in [5, 5.41) is 0. The molecule has 0 unspecified atom stereocenters. The van der Waals surface area contributed by atoms with Crippen LogP contribution in [0.4, 0.5) is 0 Å². The van der Waals surface area contributed by atoms with Gasteiger partial charge in [0.05, 0.1) is 22.4 Å². The Bertz CT molecular complexity index is 1010. The minimum Gasteiger partial charge on any atom is -0.399 e. The number of rotatable bonds is 6. The zero-order valence-corrected chi connectivity index (χ0v) is 22.0. The highest BCUT2D eigenvalue weighted by Crippen LogP contribution is 2.37. The van der Waals surface area contributed by atoms with Crippen molar-refractivity contribution in [2.75, 3.05) is 0 Å². The Hall–Kier alpha value is -1.85. The molecule has 2 fully saturated rings. The summed E-state index contributed by atoms with van der Waals surface area (Å²) >= 11 is 0. The fourth-order valence-corrected chi connectivity index (χ4v) is 4.12. The van der Waals surface area contributed by atoms with E-state index in [2.05, 4.69) is 110 Å². The fourth-order valence-electron chi connectivity index (χ4n) is 4.12. The standard InChI is InChI=1S/C28H38B2O4/c1-20(22-14-18-24(19-15-22)30-33-27(6,7)28(8,9)34-30)10-11-21-12-16-23(17-13-21)29-31-25(2,3)26(4,5)32-29/h12-19H,1,10-11H2,2-9H3. The number of benzene rings is 2. The van der Waals surface area contributed by atoms with Gasteiger partial charge in [-0.05, 0) is 95.9 Å². The molecule has 6 heteroatoms. The Kier molecular flexibility index (Phi) is 6.44. The van der Waals surface area contributed by atoms with Crippen LogP contribution < -0.4 is 10.9 Å². The van der Waals surface area contributed by atoms with Gasteiger partial charge >= 0.3 is 14.2 Å². The second-order valence-electron chi connectivity index (χ2n) is 11.6. The van der Waals surface area contributed by atoms with E-state index >= 15 is 0 Å². The van der Waals surface area contributed by atoms with Crippen molar-refractivity contribution in [2.24, 2.45) is 0 Å². The zero-order chi connectivity index (χ0) is 24.9. The molecule has 2 heterocycles. The Morgan fingerprint density at radius 3 is 1.35 bits per heavy atom. The molecule has 0 bridgehead atoms. The van der Waals surface area contributed by atoms with E-state index in [0.717, 1.165) is 34.9 Å². The lowest BCUT2D eigenvalue weighted by atomic mass is 9.78. The van der Waals surface area contributed by atoms with Crippen LogP contribution in [0, 0.1) is 0 Å². The van der Waals surface area contributed by atoms with Crippen LogP contribution >= 0.6 is 0 Å². The van der Waals surface area contributed by atoms with Crippen molar-refractivity contribution in [3.05, 3.63) is 66.2 Å². The minimum absolute atomic E-state index is 0.323.